The van der Waals surface area contributed by atoms with Crippen molar-refractivity contribution in [2.75, 3.05) is 5.32 Å². The summed E-state index contributed by atoms with van der Waals surface area (Å²) in [6.07, 6.45) is -2.33. The molecular weight excluding hydrogens is 241 g/mol. The van der Waals surface area contributed by atoms with Crippen molar-refractivity contribution in [3.05, 3.63) is 23.9 Å². The summed E-state index contributed by atoms with van der Waals surface area (Å²) in [5.41, 5.74) is -0.791. The van der Waals surface area contributed by atoms with Crippen molar-refractivity contribution in [1.29, 1.82) is 0 Å². The Morgan fingerprint density at radius 1 is 1.17 bits per heavy atom. The van der Waals surface area contributed by atoms with E-state index >= 15 is 0 Å². The predicted octanol–water partition coefficient (Wildman–Crippen LogP) is 3.89. The second-order valence-corrected chi connectivity index (χ2v) is 5.89. The molecule has 1 aliphatic carbocycles. The molecule has 0 spiro atoms. The number of pyridine rings is 1. The smallest absolute Gasteiger partial charge is 0.356 e. The van der Waals surface area contributed by atoms with Crippen molar-refractivity contribution >= 4 is 5.82 Å². The maximum Gasteiger partial charge on any atom is 0.411 e. The predicted molar refractivity (Wildman–Crippen MR) is 64.6 cm³/mol. The van der Waals surface area contributed by atoms with Gasteiger partial charge in [0.1, 0.15) is 11.4 Å². The van der Waals surface area contributed by atoms with Gasteiger partial charge >= 0.3 is 6.18 Å². The summed E-state index contributed by atoms with van der Waals surface area (Å²) in [5, 5.41) is 2.51. The van der Waals surface area contributed by atoms with Crippen LogP contribution in [0.15, 0.2) is 18.3 Å². The molecule has 2 nitrogen and oxygen atoms in total. The maximum atomic E-state index is 12.8. The largest absolute Gasteiger partial charge is 0.411 e. The van der Waals surface area contributed by atoms with Crippen LogP contribution in [-0.2, 0) is 5.41 Å². The van der Waals surface area contributed by atoms with Crippen LogP contribution in [0.2, 0.25) is 0 Å². The zero-order chi connectivity index (χ0) is 13.6. The van der Waals surface area contributed by atoms with E-state index < -0.39 is 11.7 Å². The van der Waals surface area contributed by atoms with Crippen LogP contribution in [-0.4, -0.2) is 16.7 Å². The molecule has 100 valence electrons. The van der Waals surface area contributed by atoms with Gasteiger partial charge in [0.25, 0.3) is 0 Å². The van der Waals surface area contributed by atoms with Crippen molar-refractivity contribution < 1.29 is 13.2 Å². The van der Waals surface area contributed by atoms with Crippen molar-refractivity contribution in [3.63, 3.8) is 0 Å². The first kappa shape index (κ1) is 13.2. The lowest BCUT2D eigenvalue weighted by Crippen LogP contribution is -2.38. The van der Waals surface area contributed by atoms with Gasteiger partial charge in [-0.1, -0.05) is 26.8 Å². The summed E-state index contributed by atoms with van der Waals surface area (Å²) in [5.74, 6) is 0.290. The van der Waals surface area contributed by atoms with Gasteiger partial charge in [0.05, 0.1) is 0 Å². The van der Waals surface area contributed by atoms with E-state index in [0.717, 1.165) is 5.56 Å². The van der Waals surface area contributed by atoms with E-state index in [9.17, 15) is 13.2 Å². The van der Waals surface area contributed by atoms with E-state index in [-0.39, 0.29) is 24.1 Å². The Balaban J connectivity index is 2.13. The number of hydrogen-bond acceptors (Lipinski definition) is 2. The first-order valence-corrected chi connectivity index (χ1v) is 5.96. The molecule has 2 rings (SSSR count). The van der Waals surface area contributed by atoms with Crippen LogP contribution in [0.25, 0.3) is 0 Å². The summed E-state index contributed by atoms with van der Waals surface area (Å²) in [6, 6.07) is 3.44. The number of alkyl halides is 3. The molecule has 1 fully saturated rings. The van der Waals surface area contributed by atoms with E-state index in [0.29, 0.717) is 0 Å². The number of aromatic nitrogens is 1. The molecule has 1 saturated carbocycles. The average Bonchev–Trinajstić information content (AvgIpc) is 2.97. The van der Waals surface area contributed by atoms with Gasteiger partial charge in [0, 0.05) is 6.20 Å². The zero-order valence-electron chi connectivity index (χ0n) is 10.7. The topological polar surface area (TPSA) is 24.9 Å². The lowest BCUT2D eigenvalue weighted by atomic mass is 9.88. The Bertz CT molecular complexity index is 425. The summed E-state index contributed by atoms with van der Waals surface area (Å²) in [7, 11) is 0. The van der Waals surface area contributed by atoms with Crippen LogP contribution in [0.1, 0.15) is 39.2 Å². The molecule has 1 aliphatic rings. The fourth-order valence-electron chi connectivity index (χ4n) is 1.76. The summed E-state index contributed by atoms with van der Waals surface area (Å²) in [6.45, 7) is 6.11. The van der Waals surface area contributed by atoms with Crippen molar-refractivity contribution in [2.24, 2.45) is 0 Å². The van der Waals surface area contributed by atoms with Gasteiger partial charge < -0.3 is 5.32 Å². The van der Waals surface area contributed by atoms with Crippen LogP contribution < -0.4 is 5.32 Å². The van der Waals surface area contributed by atoms with Crippen molar-refractivity contribution in [3.8, 4) is 0 Å². The van der Waals surface area contributed by atoms with Crippen LogP contribution in [0.5, 0.6) is 0 Å². The summed E-state index contributed by atoms with van der Waals surface area (Å²) < 4.78 is 38.3. The molecule has 0 bridgehead atoms. The van der Waals surface area contributed by atoms with E-state index in [2.05, 4.69) is 10.3 Å². The molecule has 1 heterocycles. The fraction of sp³-hybridized carbons (Fsp3) is 0.615. The first-order chi connectivity index (χ1) is 8.14. The number of nitrogens with zero attached hydrogens (tertiary/aromatic N) is 1. The van der Waals surface area contributed by atoms with Crippen LogP contribution in [0.4, 0.5) is 19.0 Å². The van der Waals surface area contributed by atoms with E-state index in [1.54, 1.807) is 12.3 Å². The Labute approximate surface area is 105 Å². The molecule has 0 atom stereocenters. The van der Waals surface area contributed by atoms with Gasteiger partial charge in [-0.05, 0) is 29.9 Å². The number of rotatable bonds is 2. The average molecular weight is 258 g/mol. The molecule has 1 aromatic heterocycles. The third kappa shape index (κ3) is 2.44. The minimum Gasteiger partial charge on any atom is -0.356 e. The molecule has 1 N–H and O–H groups in total. The fourth-order valence-corrected chi connectivity index (χ4v) is 1.76. The van der Waals surface area contributed by atoms with Crippen molar-refractivity contribution in [1.82, 2.24) is 4.98 Å². The Morgan fingerprint density at radius 2 is 1.78 bits per heavy atom. The van der Waals surface area contributed by atoms with Gasteiger partial charge in [0.2, 0.25) is 0 Å². The number of hydrogen-bond donors (Lipinski definition) is 1. The molecule has 0 aromatic carbocycles. The lowest BCUT2D eigenvalue weighted by molar-refractivity contribution is -0.151. The molecular formula is C13H17F3N2. The van der Waals surface area contributed by atoms with Gasteiger partial charge in [-0.2, -0.15) is 13.2 Å². The molecule has 0 saturated heterocycles. The summed E-state index contributed by atoms with van der Waals surface area (Å²) in [4.78, 5) is 4.07. The highest BCUT2D eigenvalue weighted by Gasteiger charge is 2.63. The molecule has 0 unspecified atom stereocenters. The Morgan fingerprint density at radius 3 is 2.11 bits per heavy atom. The zero-order valence-corrected chi connectivity index (χ0v) is 10.7. The number of halogens is 3. The normalized spacial score (nSPS) is 18.6. The monoisotopic (exact) mass is 258 g/mol. The number of nitrogens with one attached hydrogen (secondary N) is 1. The third-order valence-corrected chi connectivity index (χ3v) is 3.29. The molecule has 18 heavy (non-hydrogen) atoms. The van der Waals surface area contributed by atoms with Crippen molar-refractivity contribution in [2.45, 2.75) is 50.7 Å². The second kappa shape index (κ2) is 3.87. The van der Waals surface area contributed by atoms with Crippen LogP contribution >= 0.6 is 0 Å². The van der Waals surface area contributed by atoms with Crippen LogP contribution in [0, 0.1) is 0 Å². The van der Waals surface area contributed by atoms with E-state index in [1.165, 1.54) is 0 Å². The molecule has 5 heteroatoms. The highest BCUT2D eigenvalue weighted by Crippen LogP contribution is 2.50. The summed E-state index contributed by atoms with van der Waals surface area (Å²) >= 11 is 0. The van der Waals surface area contributed by atoms with E-state index in [4.69, 9.17) is 0 Å². The van der Waals surface area contributed by atoms with Gasteiger partial charge in [-0.15, -0.1) is 0 Å². The lowest BCUT2D eigenvalue weighted by Gasteiger charge is -2.22. The third-order valence-electron chi connectivity index (χ3n) is 3.29. The van der Waals surface area contributed by atoms with Gasteiger partial charge in [0.15, 0.2) is 0 Å². The number of anilines is 1. The van der Waals surface area contributed by atoms with Gasteiger partial charge in [-0.25, -0.2) is 4.98 Å². The molecule has 0 aliphatic heterocycles. The molecule has 1 aromatic rings. The Kier molecular flexibility index (Phi) is 2.83. The highest BCUT2D eigenvalue weighted by molar-refractivity contribution is 5.43. The molecule has 0 amide bonds. The quantitative estimate of drug-likeness (QED) is 0.870. The van der Waals surface area contributed by atoms with Crippen LogP contribution in [0.3, 0.4) is 0 Å². The SMILES string of the molecule is CC(C)(C)c1ccc(NC2(C(F)(F)F)CC2)nc1. The minimum absolute atomic E-state index is 0.0488. The molecule has 0 radical (unpaired) electrons. The minimum atomic E-state index is -4.21. The van der Waals surface area contributed by atoms with E-state index in [1.807, 2.05) is 26.8 Å². The van der Waals surface area contributed by atoms with Gasteiger partial charge in [-0.3, -0.25) is 0 Å². The standard InChI is InChI=1S/C13H17F3N2/c1-11(2,3)9-4-5-10(17-8-9)18-12(6-7-12)13(14,15)16/h4-5,8H,6-7H2,1-3H3,(H,17,18). The highest BCUT2D eigenvalue weighted by atomic mass is 19.4. The second-order valence-electron chi connectivity index (χ2n) is 5.89. The maximum absolute atomic E-state index is 12.8. The Hall–Kier alpha value is -1.26. The first-order valence-electron chi connectivity index (χ1n) is 5.96.